The third-order valence-corrected chi connectivity index (χ3v) is 7.83. The molecule has 10 nitrogen and oxygen atoms in total. The van der Waals surface area contributed by atoms with E-state index in [9.17, 15) is 9.90 Å². The van der Waals surface area contributed by atoms with Gasteiger partial charge in [-0.2, -0.15) is 0 Å². The van der Waals surface area contributed by atoms with Crippen LogP contribution in [0.1, 0.15) is 18.4 Å². The number of aliphatic hydroxyl groups is 2. The fourth-order valence-corrected chi connectivity index (χ4v) is 5.47. The minimum Gasteiger partial charge on any atom is -0.394 e. The molecule has 226 valence electrons. The molecule has 4 aromatic rings. The number of amides is 1. The van der Waals surface area contributed by atoms with Crippen LogP contribution in [-0.2, 0) is 11.3 Å². The molecule has 0 radical (unpaired) electrons. The van der Waals surface area contributed by atoms with Crippen molar-refractivity contribution in [2.24, 2.45) is 0 Å². The lowest BCUT2D eigenvalue weighted by atomic mass is 10.0. The second-order valence-electron chi connectivity index (χ2n) is 11.0. The van der Waals surface area contributed by atoms with Crippen LogP contribution in [0.4, 0.5) is 11.6 Å². The summed E-state index contributed by atoms with van der Waals surface area (Å²) in [6.07, 6.45) is 7.97. The number of anilines is 2. The SMILES string of the molecule is CN(CC=CC(=O)Nc1ccc(CN2CCC(Nc3ncc(Cl)c(-c4c[nH]c5ccccc45)n3)CC2)cc1)CC(O)CO. The molecule has 1 aliphatic rings. The van der Waals surface area contributed by atoms with E-state index in [4.69, 9.17) is 21.7 Å². The predicted molar refractivity (Wildman–Crippen MR) is 171 cm³/mol. The quantitative estimate of drug-likeness (QED) is 0.153. The van der Waals surface area contributed by atoms with E-state index in [1.54, 1.807) is 12.3 Å². The smallest absolute Gasteiger partial charge is 0.248 e. The molecule has 5 rings (SSSR count). The Hall–Kier alpha value is -3.80. The highest BCUT2D eigenvalue weighted by Crippen LogP contribution is 2.32. The predicted octanol–water partition coefficient (Wildman–Crippen LogP) is 4.13. The number of likely N-dealkylation sites (N-methyl/N-ethyl adjacent to an activating group) is 1. The van der Waals surface area contributed by atoms with Crippen molar-refractivity contribution >= 4 is 40.0 Å². The zero-order valence-corrected chi connectivity index (χ0v) is 25.0. The lowest BCUT2D eigenvalue weighted by Crippen LogP contribution is -2.39. The van der Waals surface area contributed by atoms with E-state index in [2.05, 4.69) is 31.6 Å². The van der Waals surface area contributed by atoms with Crippen LogP contribution in [0.2, 0.25) is 5.02 Å². The van der Waals surface area contributed by atoms with E-state index in [0.29, 0.717) is 29.8 Å². The maximum absolute atomic E-state index is 12.2. The summed E-state index contributed by atoms with van der Waals surface area (Å²) in [6.45, 7) is 3.29. The number of hydrogen-bond donors (Lipinski definition) is 5. The number of halogens is 1. The van der Waals surface area contributed by atoms with Crippen LogP contribution < -0.4 is 10.6 Å². The van der Waals surface area contributed by atoms with Gasteiger partial charge in [0, 0.05) is 73.2 Å². The minimum atomic E-state index is -0.789. The number of aliphatic hydroxyl groups excluding tert-OH is 2. The van der Waals surface area contributed by atoms with Gasteiger partial charge in [-0.3, -0.25) is 9.69 Å². The van der Waals surface area contributed by atoms with Crippen molar-refractivity contribution in [2.45, 2.75) is 31.5 Å². The first kappa shape index (κ1) is 30.7. The second kappa shape index (κ2) is 14.6. The van der Waals surface area contributed by atoms with E-state index < -0.39 is 6.10 Å². The molecule has 1 unspecified atom stereocenters. The Morgan fingerprint density at radius 3 is 2.74 bits per heavy atom. The topological polar surface area (TPSA) is 130 Å². The van der Waals surface area contributed by atoms with Crippen LogP contribution in [-0.4, -0.2) is 92.9 Å². The number of nitrogens with one attached hydrogen (secondary N) is 3. The number of likely N-dealkylation sites (tertiary alicyclic amines) is 1. The van der Waals surface area contributed by atoms with Gasteiger partial charge in [0.15, 0.2) is 0 Å². The Bertz CT molecular complexity index is 1530. The van der Waals surface area contributed by atoms with Gasteiger partial charge < -0.3 is 30.7 Å². The number of nitrogens with zero attached hydrogens (tertiary/aromatic N) is 4. The monoisotopic (exact) mass is 603 g/mol. The van der Waals surface area contributed by atoms with Crippen LogP contribution >= 0.6 is 11.6 Å². The molecule has 1 aliphatic heterocycles. The molecule has 0 spiro atoms. The third kappa shape index (κ3) is 8.40. The molecule has 5 N–H and O–H groups in total. The standard InChI is InChI=1S/C32H38ClN7O3/c1-39(20-25(42)21-41)14-4-7-30(43)36-23-10-8-22(9-11-23)19-40-15-12-24(13-16-40)37-32-35-18-28(33)31(38-32)27-17-34-29-6-3-2-5-26(27)29/h2-11,17-18,24-25,34,41-42H,12-16,19-21H2,1H3,(H,36,43)(H,35,37,38). The molecule has 3 heterocycles. The zero-order valence-electron chi connectivity index (χ0n) is 24.2. The minimum absolute atomic E-state index is 0.211. The van der Waals surface area contributed by atoms with Crippen molar-refractivity contribution in [1.82, 2.24) is 24.8 Å². The molecule has 0 aliphatic carbocycles. The number of aromatic amines is 1. The van der Waals surface area contributed by atoms with Gasteiger partial charge in [-0.1, -0.05) is 48.0 Å². The molecule has 2 aromatic carbocycles. The van der Waals surface area contributed by atoms with E-state index >= 15 is 0 Å². The molecule has 1 amide bonds. The molecule has 0 saturated carbocycles. The number of H-pyrrole nitrogens is 1. The zero-order chi connectivity index (χ0) is 30.2. The van der Waals surface area contributed by atoms with E-state index in [1.807, 2.05) is 60.6 Å². The van der Waals surface area contributed by atoms with Gasteiger partial charge in [-0.05, 0) is 43.7 Å². The molecular weight excluding hydrogens is 566 g/mol. The van der Waals surface area contributed by atoms with Gasteiger partial charge in [-0.25, -0.2) is 9.97 Å². The fraction of sp³-hybridized carbons (Fsp3) is 0.344. The molecule has 2 aromatic heterocycles. The summed E-state index contributed by atoms with van der Waals surface area (Å²) < 4.78 is 0. The van der Waals surface area contributed by atoms with Crippen LogP contribution in [0.25, 0.3) is 22.2 Å². The number of para-hydroxylation sites is 1. The van der Waals surface area contributed by atoms with Crippen molar-refractivity contribution in [2.75, 3.05) is 50.5 Å². The molecule has 0 bridgehead atoms. The second-order valence-corrected chi connectivity index (χ2v) is 11.4. The van der Waals surface area contributed by atoms with Crippen molar-refractivity contribution in [1.29, 1.82) is 0 Å². The van der Waals surface area contributed by atoms with Gasteiger partial charge in [-0.15, -0.1) is 0 Å². The Kier molecular flexibility index (Phi) is 10.4. The molecule has 43 heavy (non-hydrogen) atoms. The highest BCUT2D eigenvalue weighted by Gasteiger charge is 2.21. The summed E-state index contributed by atoms with van der Waals surface area (Å²) in [4.78, 5) is 29.0. The summed E-state index contributed by atoms with van der Waals surface area (Å²) in [5, 5.41) is 26.4. The molecule has 1 saturated heterocycles. The average molecular weight is 604 g/mol. The molecular formula is C32H38ClN7O3. The Labute approximate surface area is 256 Å². The Balaban J connectivity index is 1.07. The van der Waals surface area contributed by atoms with Gasteiger partial charge in [0.2, 0.25) is 11.9 Å². The van der Waals surface area contributed by atoms with Gasteiger partial charge in [0.05, 0.1) is 29.6 Å². The highest BCUT2D eigenvalue weighted by molar-refractivity contribution is 6.33. The van der Waals surface area contributed by atoms with Gasteiger partial charge in [0.25, 0.3) is 0 Å². The lowest BCUT2D eigenvalue weighted by Gasteiger charge is -2.32. The first-order valence-electron chi connectivity index (χ1n) is 14.5. The number of benzene rings is 2. The van der Waals surface area contributed by atoms with E-state index in [-0.39, 0.29) is 18.6 Å². The summed E-state index contributed by atoms with van der Waals surface area (Å²) >= 11 is 6.50. The summed E-state index contributed by atoms with van der Waals surface area (Å²) in [5.74, 6) is 0.375. The first-order chi connectivity index (χ1) is 20.9. The summed E-state index contributed by atoms with van der Waals surface area (Å²) in [7, 11) is 1.81. The van der Waals surface area contributed by atoms with Crippen LogP contribution in [0, 0.1) is 0 Å². The van der Waals surface area contributed by atoms with Gasteiger partial charge in [0.1, 0.15) is 0 Å². The largest absolute Gasteiger partial charge is 0.394 e. The Morgan fingerprint density at radius 2 is 1.98 bits per heavy atom. The normalized spacial score (nSPS) is 15.4. The van der Waals surface area contributed by atoms with Gasteiger partial charge >= 0.3 is 0 Å². The average Bonchev–Trinajstić information content (AvgIpc) is 3.44. The lowest BCUT2D eigenvalue weighted by molar-refractivity contribution is -0.111. The maximum Gasteiger partial charge on any atom is 0.248 e. The summed E-state index contributed by atoms with van der Waals surface area (Å²) in [6, 6.07) is 16.3. The maximum atomic E-state index is 12.2. The number of fused-ring (bicyclic) bond motifs is 1. The van der Waals surface area contributed by atoms with Crippen LogP contribution in [0.5, 0.6) is 0 Å². The number of piperidine rings is 1. The molecule has 1 fully saturated rings. The number of aromatic nitrogens is 3. The van der Waals surface area contributed by atoms with Crippen LogP contribution in [0.3, 0.4) is 0 Å². The third-order valence-electron chi connectivity index (χ3n) is 7.56. The van der Waals surface area contributed by atoms with Crippen LogP contribution in [0.15, 0.2) is 73.1 Å². The van der Waals surface area contributed by atoms with Crippen molar-refractivity contribution < 1.29 is 15.0 Å². The van der Waals surface area contributed by atoms with Crippen molar-refractivity contribution in [3.63, 3.8) is 0 Å². The number of hydrogen-bond acceptors (Lipinski definition) is 8. The van der Waals surface area contributed by atoms with Crippen molar-refractivity contribution in [3.8, 4) is 11.3 Å². The Morgan fingerprint density at radius 1 is 1.21 bits per heavy atom. The first-order valence-corrected chi connectivity index (χ1v) is 14.9. The summed E-state index contributed by atoms with van der Waals surface area (Å²) in [5.41, 5.74) is 4.64. The molecule has 11 heteroatoms. The molecule has 1 atom stereocenters. The number of carbonyl (C=O) groups is 1. The highest BCUT2D eigenvalue weighted by atomic mass is 35.5. The number of rotatable bonds is 12. The van der Waals surface area contributed by atoms with Crippen molar-refractivity contribution in [3.05, 3.63) is 83.7 Å². The fourth-order valence-electron chi connectivity index (χ4n) is 5.28. The van der Waals surface area contributed by atoms with E-state index in [0.717, 1.165) is 54.6 Å². The number of carbonyl (C=O) groups excluding carboxylic acids is 1. The van der Waals surface area contributed by atoms with E-state index in [1.165, 1.54) is 11.6 Å².